The first-order chi connectivity index (χ1) is 10.1. The fourth-order valence-electron chi connectivity index (χ4n) is 1.91. The molecular weight excluding hydrogens is 286 g/mol. The van der Waals surface area contributed by atoms with Gasteiger partial charge in [-0.1, -0.05) is 38.7 Å². The number of esters is 1. The van der Waals surface area contributed by atoms with E-state index in [9.17, 15) is 4.79 Å². The van der Waals surface area contributed by atoms with Gasteiger partial charge in [0.25, 0.3) is 0 Å². The summed E-state index contributed by atoms with van der Waals surface area (Å²) in [6, 6.07) is 0. The topological polar surface area (TPSA) is 59.3 Å². The van der Waals surface area contributed by atoms with Crippen molar-refractivity contribution >= 4 is 17.7 Å². The van der Waals surface area contributed by atoms with Crippen LogP contribution < -0.4 is 0 Å². The first-order valence-corrected chi connectivity index (χ1v) is 8.36. The number of hydrogen-bond acceptors (Lipinski definition) is 5. The lowest BCUT2D eigenvalue weighted by molar-refractivity contribution is -0.139. The molecule has 0 aliphatic rings. The van der Waals surface area contributed by atoms with Crippen molar-refractivity contribution in [3.8, 4) is 5.40 Å². The molecule has 0 aliphatic heterocycles. The zero-order valence-corrected chi connectivity index (χ0v) is 14.0. The van der Waals surface area contributed by atoms with Crippen LogP contribution in [0.25, 0.3) is 0 Å². The third-order valence-corrected chi connectivity index (χ3v) is 3.88. The molecule has 120 valence electrons. The first kappa shape index (κ1) is 20.0. The maximum atomic E-state index is 11.1. The highest BCUT2D eigenvalue weighted by atomic mass is 32.2. The normalized spacial score (nSPS) is 11.7. The van der Waals surface area contributed by atoms with E-state index in [4.69, 9.17) is 14.7 Å². The maximum Gasteiger partial charge on any atom is 0.333 e. The Kier molecular flexibility index (Phi) is 13.3. The molecule has 0 aliphatic carbocycles. The first-order valence-electron chi connectivity index (χ1n) is 7.48. The van der Waals surface area contributed by atoms with Gasteiger partial charge in [0.05, 0.1) is 13.2 Å². The van der Waals surface area contributed by atoms with Gasteiger partial charge in [-0.3, -0.25) is 0 Å². The second-order valence-electron chi connectivity index (χ2n) is 5.11. The molecule has 0 rings (SSSR count). The Labute approximate surface area is 132 Å². The van der Waals surface area contributed by atoms with Gasteiger partial charge in [0, 0.05) is 17.9 Å². The van der Waals surface area contributed by atoms with Crippen molar-refractivity contribution in [3.63, 3.8) is 0 Å². The quantitative estimate of drug-likeness (QED) is 0.222. The van der Waals surface area contributed by atoms with Crippen molar-refractivity contribution in [3.05, 3.63) is 12.2 Å². The number of nitriles is 1. The van der Waals surface area contributed by atoms with Gasteiger partial charge in [0.1, 0.15) is 5.40 Å². The highest BCUT2D eigenvalue weighted by Crippen LogP contribution is 2.18. The van der Waals surface area contributed by atoms with Gasteiger partial charge in [0.15, 0.2) is 0 Å². The average molecular weight is 313 g/mol. The van der Waals surface area contributed by atoms with Gasteiger partial charge in [-0.2, -0.15) is 5.26 Å². The van der Waals surface area contributed by atoms with Gasteiger partial charge in [0.2, 0.25) is 0 Å². The van der Waals surface area contributed by atoms with Crippen molar-refractivity contribution in [2.24, 2.45) is 0 Å². The van der Waals surface area contributed by atoms with E-state index in [1.807, 2.05) is 0 Å². The van der Waals surface area contributed by atoms with Gasteiger partial charge in [-0.15, -0.1) is 0 Å². The molecule has 0 fully saturated rings. The lowest BCUT2D eigenvalue weighted by Crippen LogP contribution is -2.09. The standard InChI is InChI=1S/C16H27NO3S/c1-14(2)16(18)20-11-9-7-5-4-6-8-10-15(12-19-3)21-13-17/h15H,1,4-12H2,2-3H3. The van der Waals surface area contributed by atoms with Crippen molar-refractivity contribution in [2.45, 2.75) is 57.1 Å². The van der Waals surface area contributed by atoms with Gasteiger partial charge in [-0.25, -0.2) is 4.79 Å². The maximum absolute atomic E-state index is 11.1. The molecule has 0 N–H and O–H groups in total. The average Bonchev–Trinajstić information content (AvgIpc) is 2.45. The van der Waals surface area contributed by atoms with Crippen LogP contribution in [0.4, 0.5) is 0 Å². The van der Waals surface area contributed by atoms with E-state index >= 15 is 0 Å². The predicted molar refractivity (Wildman–Crippen MR) is 87.0 cm³/mol. The largest absolute Gasteiger partial charge is 0.462 e. The summed E-state index contributed by atoms with van der Waals surface area (Å²) in [5.74, 6) is -0.297. The molecule has 21 heavy (non-hydrogen) atoms. The van der Waals surface area contributed by atoms with Gasteiger partial charge in [-0.05, 0) is 31.5 Å². The molecule has 1 atom stereocenters. The minimum atomic E-state index is -0.297. The number of carbonyl (C=O) groups excluding carboxylic acids is 1. The molecule has 5 heteroatoms. The highest BCUT2D eigenvalue weighted by molar-refractivity contribution is 8.04. The third kappa shape index (κ3) is 12.5. The van der Waals surface area contributed by atoms with E-state index in [2.05, 4.69) is 12.0 Å². The Bertz CT molecular complexity index is 339. The van der Waals surface area contributed by atoms with Gasteiger partial charge >= 0.3 is 5.97 Å². The summed E-state index contributed by atoms with van der Waals surface area (Å²) in [5, 5.41) is 11.1. The number of thiocyanates is 1. The highest BCUT2D eigenvalue weighted by Gasteiger charge is 2.08. The van der Waals surface area contributed by atoms with Crippen LogP contribution in [0, 0.1) is 10.7 Å². The second-order valence-corrected chi connectivity index (χ2v) is 6.20. The molecule has 0 aromatic heterocycles. The Morgan fingerprint density at radius 2 is 1.86 bits per heavy atom. The van der Waals surface area contributed by atoms with Crippen LogP contribution in [0.5, 0.6) is 0 Å². The molecule has 0 aromatic carbocycles. The van der Waals surface area contributed by atoms with E-state index < -0.39 is 0 Å². The van der Waals surface area contributed by atoms with E-state index in [-0.39, 0.29) is 5.97 Å². The Balaban J connectivity index is 3.38. The molecule has 0 saturated heterocycles. The molecule has 0 saturated carbocycles. The minimum absolute atomic E-state index is 0.293. The minimum Gasteiger partial charge on any atom is -0.462 e. The Morgan fingerprint density at radius 1 is 1.24 bits per heavy atom. The van der Waals surface area contributed by atoms with Crippen molar-refractivity contribution < 1.29 is 14.3 Å². The van der Waals surface area contributed by atoms with Crippen LogP contribution in [-0.2, 0) is 14.3 Å². The summed E-state index contributed by atoms with van der Waals surface area (Å²) < 4.78 is 10.1. The van der Waals surface area contributed by atoms with Crippen molar-refractivity contribution in [1.82, 2.24) is 0 Å². The fraction of sp³-hybridized carbons (Fsp3) is 0.750. The van der Waals surface area contributed by atoms with E-state index in [1.165, 1.54) is 24.6 Å². The molecule has 1 unspecified atom stereocenters. The van der Waals surface area contributed by atoms with E-state index in [0.29, 0.717) is 24.0 Å². The Hall–Kier alpha value is -0.990. The number of ether oxygens (including phenoxy) is 2. The number of nitrogens with zero attached hydrogens (tertiary/aromatic N) is 1. The lowest BCUT2D eigenvalue weighted by Gasteiger charge is -2.11. The van der Waals surface area contributed by atoms with E-state index in [1.54, 1.807) is 14.0 Å². The van der Waals surface area contributed by atoms with Crippen LogP contribution in [0.1, 0.15) is 51.9 Å². The Morgan fingerprint density at radius 3 is 2.43 bits per heavy atom. The number of unbranched alkanes of at least 4 members (excludes halogenated alkanes) is 5. The number of hydrogen-bond donors (Lipinski definition) is 0. The van der Waals surface area contributed by atoms with Crippen LogP contribution in [-0.4, -0.2) is 31.5 Å². The van der Waals surface area contributed by atoms with Gasteiger partial charge < -0.3 is 9.47 Å². The molecule has 0 amide bonds. The summed E-state index contributed by atoms with van der Waals surface area (Å²) in [7, 11) is 1.67. The molecule has 0 heterocycles. The van der Waals surface area contributed by atoms with Crippen LogP contribution in [0.15, 0.2) is 12.2 Å². The molecular formula is C16H27NO3S. The van der Waals surface area contributed by atoms with Crippen LogP contribution >= 0.6 is 11.8 Å². The summed E-state index contributed by atoms with van der Waals surface area (Å²) in [6.07, 6.45) is 7.68. The smallest absolute Gasteiger partial charge is 0.333 e. The fourth-order valence-corrected chi connectivity index (χ4v) is 2.54. The van der Waals surface area contributed by atoms with Crippen molar-refractivity contribution in [1.29, 1.82) is 5.26 Å². The summed E-state index contributed by atoms with van der Waals surface area (Å²) in [6.45, 7) is 6.33. The number of carbonyl (C=O) groups is 1. The van der Waals surface area contributed by atoms with Crippen LogP contribution in [0.3, 0.4) is 0 Å². The summed E-state index contributed by atoms with van der Waals surface area (Å²) in [5.41, 5.74) is 0.454. The SMILES string of the molecule is C=C(C)C(=O)OCCCCCCCCC(COC)SC#N. The molecule has 0 radical (unpaired) electrons. The summed E-state index contributed by atoms with van der Waals surface area (Å²) >= 11 is 1.31. The summed E-state index contributed by atoms with van der Waals surface area (Å²) in [4.78, 5) is 11.1. The van der Waals surface area contributed by atoms with Crippen molar-refractivity contribution in [2.75, 3.05) is 20.3 Å². The second kappa shape index (κ2) is 14.0. The number of thioether (sulfide) groups is 1. The number of methoxy groups -OCH3 is 1. The van der Waals surface area contributed by atoms with E-state index in [0.717, 1.165) is 32.1 Å². The monoisotopic (exact) mass is 313 g/mol. The zero-order valence-electron chi connectivity index (χ0n) is 13.2. The third-order valence-electron chi connectivity index (χ3n) is 3.07. The van der Waals surface area contributed by atoms with Crippen LogP contribution in [0.2, 0.25) is 0 Å². The number of rotatable bonds is 13. The molecule has 0 spiro atoms. The lowest BCUT2D eigenvalue weighted by atomic mass is 10.1. The predicted octanol–water partition coefficient (Wildman–Crippen LogP) is 4.07. The molecule has 4 nitrogen and oxygen atoms in total. The zero-order chi connectivity index (χ0) is 15.9. The molecule has 0 aromatic rings. The molecule has 0 bridgehead atoms.